The normalized spacial score (nSPS) is 23.2. The minimum Gasteiger partial charge on any atom is -0.370 e. The Morgan fingerprint density at radius 3 is 3.12 bits per heavy atom. The molecule has 0 saturated carbocycles. The summed E-state index contributed by atoms with van der Waals surface area (Å²) in [7, 11) is 0. The van der Waals surface area contributed by atoms with Gasteiger partial charge in [-0.25, -0.2) is 9.97 Å². The number of aryl methyl sites for hydroxylation is 1. The molecule has 5 heteroatoms. The van der Waals surface area contributed by atoms with E-state index in [1.165, 1.54) is 6.42 Å². The first kappa shape index (κ1) is 10.9. The number of anilines is 1. The molecule has 2 aliphatic heterocycles. The van der Waals surface area contributed by atoms with Crippen LogP contribution in [0.15, 0.2) is 0 Å². The fraction of sp³-hybridized carbons (Fsp3) is 0.667. The minimum atomic E-state index is 0.425. The molecule has 2 N–H and O–H groups in total. The van der Waals surface area contributed by atoms with Crippen molar-refractivity contribution in [2.24, 2.45) is 5.73 Å². The molecule has 0 aromatic carbocycles. The molecule has 1 aromatic heterocycles. The predicted octanol–water partition coefficient (Wildman–Crippen LogP) is 0.743. The molecule has 3 rings (SSSR count). The van der Waals surface area contributed by atoms with E-state index in [1.807, 2.05) is 6.92 Å². The quantitative estimate of drug-likeness (QED) is 0.817. The number of rotatable bonds is 2. The summed E-state index contributed by atoms with van der Waals surface area (Å²) < 4.78 is 5.48. The van der Waals surface area contributed by atoms with Crippen molar-refractivity contribution in [3.8, 4) is 0 Å². The monoisotopic (exact) mass is 234 g/mol. The second-order valence-corrected chi connectivity index (χ2v) is 4.74. The van der Waals surface area contributed by atoms with Gasteiger partial charge in [0.15, 0.2) is 0 Å². The van der Waals surface area contributed by atoms with E-state index in [9.17, 15) is 0 Å². The molecule has 1 fully saturated rings. The van der Waals surface area contributed by atoms with Crippen LogP contribution in [0.25, 0.3) is 0 Å². The number of nitrogens with zero attached hydrogens (tertiary/aromatic N) is 3. The third kappa shape index (κ3) is 1.79. The second kappa shape index (κ2) is 4.23. The van der Waals surface area contributed by atoms with Crippen molar-refractivity contribution in [3.63, 3.8) is 0 Å². The lowest BCUT2D eigenvalue weighted by Crippen LogP contribution is -2.36. The minimum absolute atomic E-state index is 0.425. The first-order valence-corrected chi connectivity index (χ1v) is 6.20. The highest BCUT2D eigenvalue weighted by Crippen LogP contribution is 2.31. The molecule has 92 valence electrons. The summed E-state index contributed by atoms with van der Waals surface area (Å²) in [6.07, 6.45) is 2.36. The Kier molecular flexibility index (Phi) is 2.72. The molecule has 1 unspecified atom stereocenters. The fourth-order valence-corrected chi connectivity index (χ4v) is 2.75. The Bertz CT molecular complexity index is 435. The van der Waals surface area contributed by atoms with Gasteiger partial charge in [0.2, 0.25) is 0 Å². The standard InChI is InChI=1S/C12H18N4O/c1-8-14-11-7-17-6-10(11)12(15-8)16-4-2-3-9(16)5-13/h9H,2-7,13H2,1H3. The Hall–Kier alpha value is -1.20. The zero-order valence-electron chi connectivity index (χ0n) is 10.1. The van der Waals surface area contributed by atoms with Crippen LogP contribution in [0.4, 0.5) is 5.82 Å². The van der Waals surface area contributed by atoms with Crippen LogP contribution in [0.1, 0.15) is 29.9 Å². The maximum absolute atomic E-state index is 5.83. The summed E-state index contributed by atoms with van der Waals surface area (Å²) in [5.74, 6) is 1.88. The summed E-state index contributed by atoms with van der Waals surface area (Å²) in [6, 6.07) is 0.425. The summed E-state index contributed by atoms with van der Waals surface area (Å²) in [5.41, 5.74) is 8.04. The number of nitrogens with two attached hydrogens (primary N) is 1. The predicted molar refractivity (Wildman–Crippen MR) is 64.7 cm³/mol. The molecule has 17 heavy (non-hydrogen) atoms. The van der Waals surface area contributed by atoms with Crippen LogP contribution in [0.5, 0.6) is 0 Å². The average Bonchev–Trinajstić information content (AvgIpc) is 2.95. The van der Waals surface area contributed by atoms with E-state index in [-0.39, 0.29) is 0 Å². The van der Waals surface area contributed by atoms with Gasteiger partial charge in [0.05, 0.1) is 18.9 Å². The van der Waals surface area contributed by atoms with Gasteiger partial charge in [-0.05, 0) is 19.8 Å². The van der Waals surface area contributed by atoms with Gasteiger partial charge >= 0.3 is 0 Å². The van der Waals surface area contributed by atoms with E-state index in [4.69, 9.17) is 10.5 Å². The first-order chi connectivity index (χ1) is 8.29. The molecule has 1 atom stereocenters. The maximum Gasteiger partial charge on any atom is 0.138 e. The van der Waals surface area contributed by atoms with Gasteiger partial charge in [-0.2, -0.15) is 0 Å². The van der Waals surface area contributed by atoms with Crippen molar-refractivity contribution >= 4 is 5.82 Å². The molecule has 0 aliphatic carbocycles. The molecule has 1 aromatic rings. The van der Waals surface area contributed by atoms with Crippen molar-refractivity contribution in [1.29, 1.82) is 0 Å². The van der Waals surface area contributed by atoms with Gasteiger partial charge in [-0.1, -0.05) is 0 Å². The lowest BCUT2D eigenvalue weighted by atomic mass is 10.2. The van der Waals surface area contributed by atoms with Crippen LogP contribution in [0.2, 0.25) is 0 Å². The van der Waals surface area contributed by atoms with Crippen LogP contribution in [-0.2, 0) is 18.0 Å². The van der Waals surface area contributed by atoms with Crippen molar-refractivity contribution in [1.82, 2.24) is 9.97 Å². The summed E-state index contributed by atoms with van der Waals surface area (Å²) in [4.78, 5) is 11.4. The lowest BCUT2D eigenvalue weighted by molar-refractivity contribution is 0.133. The highest BCUT2D eigenvalue weighted by molar-refractivity contribution is 5.51. The topological polar surface area (TPSA) is 64.3 Å². The fourth-order valence-electron chi connectivity index (χ4n) is 2.75. The summed E-state index contributed by atoms with van der Waals surface area (Å²) >= 11 is 0. The van der Waals surface area contributed by atoms with E-state index in [0.29, 0.717) is 25.8 Å². The molecule has 0 spiro atoms. The van der Waals surface area contributed by atoms with Crippen LogP contribution >= 0.6 is 0 Å². The van der Waals surface area contributed by atoms with E-state index in [0.717, 1.165) is 35.9 Å². The highest BCUT2D eigenvalue weighted by atomic mass is 16.5. The Morgan fingerprint density at radius 1 is 1.41 bits per heavy atom. The van der Waals surface area contributed by atoms with Crippen molar-refractivity contribution in [2.45, 2.75) is 39.0 Å². The molecular weight excluding hydrogens is 216 g/mol. The van der Waals surface area contributed by atoms with E-state index in [1.54, 1.807) is 0 Å². The maximum atomic E-state index is 5.83. The van der Waals surface area contributed by atoms with Gasteiger partial charge < -0.3 is 15.4 Å². The van der Waals surface area contributed by atoms with Crippen molar-refractivity contribution in [2.75, 3.05) is 18.0 Å². The van der Waals surface area contributed by atoms with Crippen LogP contribution in [0.3, 0.4) is 0 Å². The number of ether oxygens (including phenoxy) is 1. The van der Waals surface area contributed by atoms with Gasteiger partial charge in [0.1, 0.15) is 11.6 Å². The Balaban J connectivity index is 2.02. The van der Waals surface area contributed by atoms with Gasteiger partial charge in [0, 0.05) is 24.7 Å². The SMILES string of the molecule is Cc1nc2c(c(N3CCCC3CN)n1)COC2. The van der Waals surface area contributed by atoms with Gasteiger partial charge in [-0.3, -0.25) is 0 Å². The highest BCUT2D eigenvalue weighted by Gasteiger charge is 2.29. The van der Waals surface area contributed by atoms with Crippen LogP contribution < -0.4 is 10.6 Å². The molecule has 2 aliphatic rings. The van der Waals surface area contributed by atoms with Gasteiger partial charge in [0.25, 0.3) is 0 Å². The number of aromatic nitrogens is 2. The summed E-state index contributed by atoms with van der Waals surface area (Å²) in [6.45, 7) is 4.94. The van der Waals surface area contributed by atoms with E-state index in [2.05, 4.69) is 14.9 Å². The first-order valence-electron chi connectivity index (χ1n) is 6.20. The van der Waals surface area contributed by atoms with Crippen LogP contribution in [0, 0.1) is 6.92 Å². The third-order valence-electron chi connectivity index (χ3n) is 3.59. The smallest absolute Gasteiger partial charge is 0.138 e. The zero-order chi connectivity index (χ0) is 11.8. The lowest BCUT2D eigenvalue weighted by Gasteiger charge is -2.26. The zero-order valence-corrected chi connectivity index (χ0v) is 10.1. The van der Waals surface area contributed by atoms with E-state index >= 15 is 0 Å². The number of fused-ring (bicyclic) bond motifs is 1. The van der Waals surface area contributed by atoms with Crippen LogP contribution in [-0.4, -0.2) is 29.1 Å². The van der Waals surface area contributed by atoms with E-state index < -0.39 is 0 Å². The molecule has 5 nitrogen and oxygen atoms in total. The van der Waals surface area contributed by atoms with Crippen molar-refractivity contribution < 1.29 is 4.74 Å². The summed E-state index contributed by atoms with van der Waals surface area (Å²) in [5, 5.41) is 0. The molecule has 1 saturated heterocycles. The molecule has 0 bridgehead atoms. The molecule has 3 heterocycles. The Morgan fingerprint density at radius 2 is 2.29 bits per heavy atom. The molecule has 0 amide bonds. The van der Waals surface area contributed by atoms with Crippen molar-refractivity contribution in [3.05, 3.63) is 17.1 Å². The Labute approximate surface area is 101 Å². The average molecular weight is 234 g/mol. The molecular formula is C12H18N4O. The molecule has 0 radical (unpaired) electrons. The number of hydrogen-bond acceptors (Lipinski definition) is 5. The van der Waals surface area contributed by atoms with Gasteiger partial charge in [-0.15, -0.1) is 0 Å². The number of hydrogen-bond donors (Lipinski definition) is 1. The largest absolute Gasteiger partial charge is 0.370 e. The third-order valence-corrected chi connectivity index (χ3v) is 3.59. The second-order valence-electron chi connectivity index (χ2n) is 4.74.